The molecule has 19 heavy (non-hydrogen) atoms. The molecule has 0 amide bonds. The van der Waals surface area contributed by atoms with E-state index in [0.717, 1.165) is 31.9 Å². The molecule has 0 aromatic heterocycles. The van der Waals surface area contributed by atoms with E-state index < -0.39 is 0 Å². The molecule has 1 aromatic carbocycles. The van der Waals surface area contributed by atoms with Gasteiger partial charge in [0, 0.05) is 12.0 Å². The fourth-order valence-corrected chi connectivity index (χ4v) is 4.29. The molecule has 2 aliphatic rings. The highest BCUT2D eigenvalue weighted by molar-refractivity contribution is 7.99. The number of fused-ring (bicyclic) bond motifs is 1. The first-order chi connectivity index (χ1) is 9.25. The van der Waals surface area contributed by atoms with Crippen LogP contribution in [-0.2, 0) is 13.0 Å². The molecular formula is C16H23NOS. The van der Waals surface area contributed by atoms with Crippen molar-refractivity contribution in [2.45, 2.75) is 32.7 Å². The Balaban J connectivity index is 1.63. The SMILES string of the molecule is CC1(COc2ccc3c(c2)CNCC3)CCSCC1. The molecule has 0 bridgehead atoms. The van der Waals surface area contributed by atoms with Crippen LogP contribution in [0, 0.1) is 5.41 Å². The first-order valence-electron chi connectivity index (χ1n) is 7.28. The highest BCUT2D eigenvalue weighted by atomic mass is 32.2. The molecule has 3 rings (SSSR count). The summed E-state index contributed by atoms with van der Waals surface area (Å²) in [7, 11) is 0. The third-order valence-electron chi connectivity index (χ3n) is 4.35. The Morgan fingerprint density at radius 3 is 2.95 bits per heavy atom. The van der Waals surface area contributed by atoms with Crippen molar-refractivity contribution in [2.24, 2.45) is 5.41 Å². The van der Waals surface area contributed by atoms with Crippen LogP contribution in [0.3, 0.4) is 0 Å². The van der Waals surface area contributed by atoms with Gasteiger partial charge in [0.25, 0.3) is 0 Å². The summed E-state index contributed by atoms with van der Waals surface area (Å²) >= 11 is 2.07. The quantitative estimate of drug-likeness (QED) is 0.916. The molecule has 1 N–H and O–H groups in total. The van der Waals surface area contributed by atoms with Gasteiger partial charge in [-0.05, 0) is 60.6 Å². The molecule has 1 aromatic rings. The maximum Gasteiger partial charge on any atom is 0.119 e. The Morgan fingerprint density at radius 2 is 2.11 bits per heavy atom. The van der Waals surface area contributed by atoms with E-state index in [1.54, 1.807) is 0 Å². The van der Waals surface area contributed by atoms with Crippen molar-refractivity contribution in [3.8, 4) is 5.75 Å². The smallest absolute Gasteiger partial charge is 0.119 e. The van der Waals surface area contributed by atoms with Gasteiger partial charge >= 0.3 is 0 Å². The van der Waals surface area contributed by atoms with E-state index in [4.69, 9.17) is 4.74 Å². The largest absolute Gasteiger partial charge is 0.493 e. The number of ether oxygens (including phenoxy) is 1. The molecule has 3 heteroatoms. The lowest BCUT2D eigenvalue weighted by molar-refractivity contribution is 0.151. The molecule has 0 aliphatic carbocycles. The highest BCUT2D eigenvalue weighted by Crippen LogP contribution is 2.35. The number of thioether (sulfide) groups is 1. The van der Waals surface area contributed by atoms with Crippen molar-refractivity contribution < 1.29 is 4.74 Å². The highest BCUT2D eigenvalue weighted by Gasteiger charge is 2.28. The lowest BCUT2D eigenvalue weighted by atomic mass is 9.85. The third kappa shape index (κ3) is 3.26. The van der Waals surface area contributed by atoms with Gasteiger partial charge in [0.05, 0.1) is 6.61 Å². The van der Waals surface area contributed by atoms with Gasteiger partial charge in [0.15, 0.2) is 0 Å². The Kier molecular flexibility index (Phi) is 4.04. The molecule has 0 atom stereocenters. The average Bonchev–Trinajstić information content (AvgIpc) is 2.46. The first kappa shape index (κ1) is 13.3. The molecule has 1 saturated heterocycles. The van der Waals surface area contributed by atoms with E-state index in [-0.39, 0.29) is 0 Å². The van der Waals surface area contributed by atoms with Crippen LogP contribution in [0.4, 0.5) is 0 Å². The Morgan fingerprint density at radius 1 is 1.26 bits per heavy atom. The topological polar surface area (TPSA) is 21.3 Å². The van der Waals surface area contributed by atoms with Crippen molar-refractivity contribution in [2.75, 3.05) is 24.7 Å². The minimum absolute atomic E-state index is 0.374. The summed E-state index contributed by atoms with van der Waals surface area (Å²) in [6, 6.07) is 6.61. The van der Waals surface area contributed by atoms with Gasteiger partial charge in [0.1, 0.15) is 5.75 Å². The Hall–Kier alpha value is -0.670. The molecule has 0 unspecified atom stereocenters. The molecule has 0 saturated carbocycles. The van der Waals surface area contributed by atoms with Crippen LogP contribution in [0.1, 0.15) is 30.9 Å². The second kappa shape index (κ2) is 5.76. The minimum Gasteiger partial charge on any atom is -0.493 e. The molecule has 2 nitrogen and oxygen atoms in total. The van der Waals surface area contributed by atoms with Gasteiger partial charge < -0.3 is 10.1 Å². The zero-order valence-electron chi connectivity index (χ0n) is 11.7. The normalized spacial score (nSPS) is 21.7. The van der Waals surface area contributed by atoms with Crippen molar-refractivity contribution in [3.05, 3.63) is 29.3 Å². The van der Waals surface area contributed by atoms with Crippen LogP contribution in [0.5, 0.6) is 5.75 Å². The molecule has 2 heterocycles. The summed E-state index contributed by atoms with van der Waals surface area (Å²) in [6.07, 6.45) is 3.71. The first-order valence-corrected chi connectivity index (χ1v) is 8.44. The number of hydrogen-bond donors (Lipinski definition) is 1. The zero-order valence-corrected chi connectivity index (χ0v) is 12.5. The zero-order chi connectivity index (χ0) is 13.1. The van der Waals surface area contributed by atoms with Gasteiger partial charge in [-0.25, -0.2) is 0 Å². The molecular weight excluding hydrogens is 254 g/mol. The average molecular weight is 277 g/mol. The molecule has 1 fully saturated rings. The summed E-state index contributed by atoms with van der Waals surface area (Å²) in [5.41, 5.74) is 3.26. The predicted molar refractivity (Wildman–Crippen MR) is 82.0 cm³/mol. The van der Waals surface area contributed by atoms with Crippen LogP contribution < -0.4 is 10.1 Å². The van der Waals surface area contributed by atoms with Crippen LogP contribution >= 0.6 is 11.8 Å². The van der Waals surface area contributed by atoms with Gasteiger partial charge in [-0.15, -0.1) is 0 Å². The number of nitrogens with one attached hydrogen (secondary N) is 1. The fourth-order valence-electron chi connectivity index (χ4n) is 2.81. The van der Waals surface area contributed by atoms with Gasteiger partial charge in [-0.2, -0.15) is 11.8 Å². The third-order valence-corrected chi connectivity index (χ3v) is 5.34. The van der Waals surface area contributed by atoms with Crippen LogP contribution in [0.25, 0.3) is 0 Å². The summed E-state index contributed by atoms with van der Waals surface area (Å²) < 4.78 is 6.08. The number of rotatable bonds is 3. The second-order valence-electron chi connectivity index (χ2n) is 6.07. The maximum atomic E-state index is 6.08. The number of benzene rings is 1. The lowest BCUT2D eigenvalue weighted by Crippen LogP contribution is -2.29. The van der Waals surface area contributed by atoms with Crippen molar-refractivity contribution in [3.63, 3.8) is 0 Å². The summed E-state index contributed by atoms with van der Waals surface area (Å²) in [6.45, 7) is 5.32. The van der Waals surface area contributed by atoms with E-state index in [9.17, 15) is 0 Å². The van der Waals surface area contributed by atoms with Crippen LogP contribution in [0.2, 0.25) is 0 Å². The minimum atomic E-state index is 0.374. The standard InChI is InChI=1S/C16H23NOS/c1-16(5-8-19-9-6-16)12-18-15-3-2-13-4-7-17-11-14(13)10-15/h2-3,10,17H,4-9,11-12H2,1H3. The van der Waals surface area contributed by atoms with Crippen molar-refractivity contribution in [1.82, 2.24) is 5.32 Å². The van der Waals surface area contributed by atoms with Crippen LogP contribution in [-0.4, -0.2) is 24.7 Å². The van der Waals surface area contributed by atoms with Gasteiger partial charge in [-0.3, -0.25) is 0 Å². The second-order valence-corrected chi connectivity index (χ2v) is 7.29. The predicted octanol–water partition coefficient (Wildman–Crippen LogP) is 3.24. The van der Waals surface area contributed by atoms with E-state index in [2.05, 4.69) is 42.2 Å². The Labute approximate surface area is 120 Å². The van der Waals surface area contributed by atoms with Gasteiger partial charge in [0.2, 0.25) is 0 Å². The van der Waals surface area contributed by atoms with E-state index in [1.165, 1.54) is 35.5 Å². The monoisotopic (exact) mass is 277 g/mol. The van der Waals surface area contributed by atoms with Gasteiger partial charge in [-0.1, -0.05) is 13.0 Å². The van der Waals surface area contributed by atoms with E-state index in [0.29, 0.717) is 5.41 Å². The summed E-state index contributed by atoms with van der Waals surface area (Å²) in [5.74, 6) is 3.61. The van der Waals surface area contributed by atoms with Crippen molar-refractivity contribution in [1.29, 1.82) is 0 Å². The molecule has 104 valence electrons. The lowest BCUT2D eigenvalue weighted by Gasteiger charge is -2.33. The Bertz CT molecular complexity index is 440. The van der Waals surface area contributed by atoms with Crippen molar-refractivity contribution >= 4 is 11.8 Å². The molecule has 2 aliphatic heterocycles. The number of hydrogen-bond acceptors (Lipinski definition) is 3. The van der Waals surface area contributed by atoms with E-state index in [1.807, 2.05) is 0 Å². The maximum absolute atomic E-state index is 6.08. The molecule has 0 radical (unpaired) electrons. The van der Waals surface area contributed by atoms with Crippen LogP contribution in [0.15, 0.2) is 18.2 Å². The summed E-state index contributed by atoms with van der Waals surface area (Å²) in [5, 5.41) is 3.42. The summed E-state index contributed by atoms with van der Waals surface area (Å²) in [4.78, 5) is 0. The molecule has 0 spiro atoms. The fraction of sp³-hybridized carbons (Fsp3) is 0.625. The van der Waals surface area contributed by atoms with E-state index >= 15 is 0 Å².